The number of aromatic nitrogens is 1. The number of carbonyl (C=O) groups is 1. The van der Waals surface area contributed by atoms with Crippen molar-refractivity contribution in [3.63, 3.8) is 0 Å². The highest BCUT2D eigenvalue weighted by molar-refractivity contribution is 14.1. The molecule has 1 aromatic carbocycles. The molecule has 0 radical (unpaired) electrons. The first kappa shape index (κ1) is 15.8. The molecule has 0 spiro atoms. The average Bonchev–Trinajstić information content (AvgIpc) is 2.46. The van der Waals surface area contributed by atoms with Crippen molar-refractivity contribution in [2.24, 2.45) is 5.73 Å². The zero-order chi connectivity index (χ0) is 15.6. The zero-order valence-electron chi connectivity index (χ0n) is 11.4. The fourth-order valence-corrected chi connectivity index (χ4v) is 2.71. The van der Waals surface area contributed by atoms with Crippen LogP contribution < -0.4 is 15.9 Å². The summed E-state index contributed by atoms with van der Waals surface area (Å²) in [6.07, 6.45) is 1.37. The first-order chi connectivity index (χ1) is 9.99. The Bertz CT molecular complexity index is 755. The van der Waals surface area contributed by atoms with E-state index < -0.39 is 11.4 Å². The maximum Gasteiger partial charge on any atom is 0.341 e. The van der Waals surface area contributed by atoms with Gasteiger partial charge in [0.1, 0.15) is 17.9 Å². The van der Waals surface area contributed by atoms with E-state index in [2.05, 4.69) is 22.6 Å². The Hall–Kier alpha value is -1.61. The van der Waals surface area contributed by atoms with Crippen molar-refractivity contribution in [2.45, 2.75) is 13.5 Å². The highest BCUT2D eigenvalue weighted by Gasteiger charge is 2.16. The van der Waals surface area contributed by atoms with Crippen LogP contribution in [-0.4, -0.2) is 28.8 Å². The quantitative estimate of drug-likeness (QED) is 0.742. The van der Waals surface area contributed by atoms with Gasteiger partial charge in [-0.05, 0) is 35.6 Å². The van der Waals surface area contributed by atoms with Gasteiger partial charge in [-0.3, -0.25) is 4.79 Å². The molecule has 1 aromatic heterocycles. The number of hydrogen-bond donors (Lipinski definition) is 2. The van der Waals surface area contributed by atoms with Gasteiger partial charge in [0.2, 0.25) is 5.43 Å². The van der Waals surface area contributed by atoms with Crippen molar-refractivity contribution < 1.29 is 14.6 Å². The standard InChI is InChI=1S/C14H15IN2O4/c1-2-17-7-9(14(19)20)13(18)8-5-10(15)12(6-11(8)17)21-4-3-16/h5-7H,2-4,16H2,1H3,(H,19,20). The first-order valence-electron chi connectivity index (χ1n) is 6.42. The molecule has 112 valence electrons. The maximum atomic E-state index is 12.3. The summed E-state index contributed by atoms with van der Waals surface area (Å²) in [6.45, 7) is 3.21. The van der Waals surface area contributed by atoms with Crippen LogP contribution in [0, 0.1) is 3.57 Å². The summed E-state index contributed by atoms with van der Waals surface area (Å²) in [5.41, 5.74) is 5.37. The van der Waals surface area contributed by atoms with Crippen molar-refractivity contribution in [3.8, 4) is 5.75 Å². The summed E-state index contributed by atoms with van der Waals surface area (Å²) in [4.78, 5) is 23.4. The molecule has 1 heterocycles. The number of carboxylic acid groups (broad SMARTS) is 1. The van der Waals surface area contributed by atoms with E-state index in [-0.39, 0.29) is 5.56 Å². The monoisotopic (exact) mass is 402 g/mol. The van der Waals surface area contributed by atoms with Crippen LogP contribution in [-0.2, 0) is 6.54 Å². The van der Waals surface area contributed by atoms with Gasteiger partial charge >= 0.3 is 5.97 Å². The number of nitrogens with two attached hydrogens (primary N) is 1. The Kier molecular flexibility index (Phi) is 4.84. The third-order valence-electron chi connectivity index (χ3n) is 3.08. The Morgan fingerprint density at radius 1 is 1.48 bits per heavy atom. The van der Waals surface area contributed by atoms with Gasteiger partial charge in [-0.15, -0.1) is 0 Å². The summed E-state index contributed by atoms with van der Waals surface area (Å²) < 4.78 is 8.02. The van der Waals surface area contributed by atoms with Gasteiger partial charge in [-0.25, -0.2) is 4.79 Å². The molecule has 0 bridgehead atoms. The molecule has 0 atom stereocenters. The second-order valence-corrected chi connectivity index (χ2v) is 5.56. The smallest absolute Gasteiger partial charge is 0.341 e. The number of pyridine rings is 1. The minimum atomic E-state index is -1.22. The average molecular weight is 402 g/mol. The van der Waals surface area contributed by atoms with Gasteiger partial charge < -0.3 is 20.1 Å². The van der Waals surface area contributed by atoms with Crippen molar-refractivity contribution in [1.29, 1.82) is 0 Å². The lowest BCUT2D eigenvalue weighted by Crippen LogP contribution is -2.19. The normalized spacial score (nSPS) is 10.8. The Morgan fingerprint density at radius 3 is 2.76 bits per heavy atom. The summed E-state index contributed by atoms with van der Waals surface area (Å²) in [6, 6.07) is 3.41. The van der Waals surface area contributed by atoms with Gasteiger partial charge in [0.15, 0.2) is 0 Å². The first-order valence-corrected chi connectivity index (χ1v) is 7.50. The fourth-order valence-electron chi connectivity index (χ4n) is 2.08. The lowest BCUT2D eigenvalue weighted by molar-refractivity contribution is 0.0695. The molecule has 0 aliphatic carbocycles. The maximum absolute atomic E-state index is 12.3. The number of nitrogens with zero attached hydrogens (tertiary/aromatic N) is 1. The van der Waals surface area contributed by atoms with Crippen LogP contribution in [0.5, 0.6) is 5.75 Å². The zero-order valence-corrected chi connectivity index (χ0v) is 13.6. The number of halogens is 1. The molecule has 0 unspecified atom stereocenters. The van der Waals surface area contributed by atoms with Gasteiger partial charge in [-0.2, -0.15) is 0 Å². The predicted octanol–water partition coefficient (Wildman–Crippen LogP) is 1.66. The van der Waals surface area contributed by atoms with Crippen LogP contribution in [0.15, 0.2) is 23.1 Å². The molecule has 21 heavy (non-hydrogen) atoms. The topological polar surface area (TPSA) is 94.5 Å². The molecule has 7 heteroatoms. The second kappa shape index (κ2) is 6.44. The van der Waals surface area contributed by atoms with E-state index in [1.165, 1.54) is 6.20 Å². The van der Waals surface area contributed by atoms with Gasteiger partial charge in [0, 0.05) is 30.7 Å². The second-order valence-electron chi connectivity index (χ2n) is 4.40. The lowest BCUT2D eigenvalue weighted by atomic mass is 10.1. The van der Waals surface area contributed by atoms with Gasteiger partial charge in [0.25, 0.3) is 0 Å². The van der Waals surface area contributed by atoms with Crippen LogP contribution in [0.4, 0.5) is 0 Å². The number of fused-ring (bicyclic) bond motifs is 1. The van der Waals surface area contributed by atoms with Crippen LogP contribution in [0.2, 0.25) is 0 Å². The third-order valence-corrected chi connectivity index (χ3v) is 3.92. The van der Waals surface area contributed by atoms with Crippen LogP contribution in [0.1, 0.15) is 17.3 Å². The number of carboxylic acids is 1. The molecule has 0 fully saturated rings. The summed E-state index contributed by atoms with van der Waals surface area (Å²) >= 11 is 2.06. The molecular weight excluding hydrogens is 387 g/mol. The number of benzene rings is 1. The van der Waals surface area contributed by atoms with E-state index in [9.17, 15) is 9.59 Å². The number of hydrogen-bond acceptors (Lipinski definition) is 4. The SMILES string of the molecule is CCn1cc(C(=O)O)c(=O)c2cc(I)c(OCCN)cc21. The van der Waals surface area contributed by atoms with Crippen molar-refractivity contribution in [3.05, 3.63) is 37.7 Å². The van der Waals surface area contributed by atoms with E-state index in [0.717, 1.165) is 3.57 Å². The summed E-state index contributed by atoms with van der Waals surface area (Å²) in [5.74, 6) is -0.583. The van der Waals surface area contributed by atoms with E-state index in [4.69, 9.17) is 15.6 Å². The van der Waals surface area contributed by atoms with Crippen LogP contribution in [0.3, 0.4) is 0 Å². The minimum absolute atomic E-state index is 0.226. The van der Waals surface area contributed by atoms with E-state index in [1.54, 1.807) is 16.7 Å². The number of aryl methyl sites for hydroxylation is 1. The van der Waals surface area contributed by atoms with E-state index in [1.807, 2.05) is 6.92 Å². The summed E-state index contributed by atoms with van der Waals surface area (Å²) in [7, 11) is 0. The molecule has 0 aliphatic rings. The molecular formula is C14H15IN2O4. The van der Waals surface area contributed by atoms with E-state index >= 15 is 0 Å². The molecule has 0 amide bonds. The predicted molar refractivity (Wildman–Crippen MR) is 88.1 cm³/mol. The van der Waals surface area contributed by atoms with Crippen LogP contribution >= 0.6 is 22.6 Å². The molecule has 3 N–H and O–H groups in total. The van der Waals surface area contributed by atoms with Crippen LogP contribution in [0.25, 0.3) is 10.9 Å². The van der Waals surface area contributed by atoms with E-state index in [0.29, 0.717) is 36.3 Å². The molecule has 0 saturated carbocycles. The molecule has 6 nitrogen and oxygen atoms in total. The summed E-state index contributed by atoms with van der Waals surface area (Å²) in [5, 5.41) is 9.51. The Labute approximate surface area is 134 Å². The van der Waals surface area contributed by atoms with Crippen molar-refractivity contribution in [2.75, 3.05) is 13.2 Å². The van der Waals surface area contributed by atoms with Crippen molar-refractivity contribution >= 4 is 39.5 Å². The fraction of sp³-hybridized carbons (Fsp3) is 0.286. The molecule has 0 saturated heterocycles. The van der Waals surface area contributed by atoms with Gasteiger partial charge in [0.05, 0.1) is 9.09 Å². The molecule has 2 rings (SSSR count). The molecule has 0 aliphatic heterocycles. The Morgan fingerprint density at radius 2 is 2.19 bits per heavy atom. The highest BCUT2D eigenvalue weighted by Crippen LogP contribution is 2.26. The molecule has 2 aromatic rings. The minimum Gasteiger partial charge on any atom is -0.491 e. The number of rotatable bonds is 5. The third kappa shape index (κ3) is 3.03. The number of aromatic carboxylic acids is 1. The number of ether oxygens (including phenoxy) is 1. The van der Waals surface area contributed by atoms with Crippen molar-refractivity contribution in [1.82, 2.24) is 4.57 Å². The van der Waals surface area contributed by atoms with Gasteiger partial charge in [-0.1, -0.05) is 0 Å². The largest absolute Gasteiger partial charge is 0.491 e. The Balaban J connectivity index is 2.75. The lowest BCUT2D eigenvalue weighted by Gasteiger charge is -2.13. The highest BCUT2D eigenvalue weighted by atomic mass is 127.